The normalized spacial score (nSPS) is 23.9. The number of imide groups is 1. The second kappa shape index (κ2) is 6.62. The van der Waals surface area contributed by atoms with Gasteiger partial charge in [0.25, 0.3) is 5.91 Å². The van der Waals surface area contributed by atoms with Crippen molar-refractivity contribution in [1.29, 1.82) is 0 Å². The first-order valence-electron chi connectivity index (χ1n) is 9.24. The fourth-order valence-corrected chi connectivity index (χ4v) is 4.03. The molecule has 138 valence electrons. The van der Waals surface area contributed by atoms with E-state index >= 15 is 0 Å². The Labute approximate surface area is 162 Å². The Hall–Kier alpha value is -3.44. The van der Waals surface area contributed by atoms with E-state index in [0.717, 1.165) is 11.3 Å². The number of para-hydroxylation sites is 2. The predicted octanol–water partition coefficient (Wildman–Crippen LogP) is 3.74. The summed E-state index contributed by atoms with van der Waals surface area (Å²) in [5.41, 5.74) is 2.33. The molecular formula is C23H18N2O3. The third-order valence-corrected chi connectivity index (χ3v) is 5.28. The molecule has 0 bridgehead atoms. The van der Waals surface area contributed by atoms with E-state index in [1.807, 2.05) is 78.9 Å². The maximum atomic E-state index is 13.4. The van der Waals surface area contributed by atoms with E-state index in [0.29, 0.717) is 5.69 Å². The number of nitrogens with zero attached hydrogens (tertiary/aromatic N) is 2. The maximum absolute atomic E-state index is 13.4. The first-order chi connectivity index (χ1) is 13.8. The van der Waals surface area contributed by atoms with Gasteiger partial charge in [-0.15, -0.1) is 0 Å². The Morgan fingerprint density at radius 1 is 0.643 bits per heavy atom. The van der Waals surface area contributed by atoms with Gasteiger partial charge in [-0.25, -0.2) is 9.96 Å². The van der Waals surface area contributed by atoms with Gasteiger partial charge in [0.05, 0.1) is 17.4 Å². The zero-order chi connectivity index (χ0) is 19.1. The summed E-state index contributed by atoms with van der Waals surface area (Å²) in [6, 6.07) is 28.0. The Kier molecular flexibility index (Phi) is 3.95. The summed E-state index contributed by atoms with van der Waals surface area (Å²) in [4.78, 5) is 33.8. The lowest BCUT2D eigenvalue weighted by atomic mass is 9.90. The summed E-state index contributed by atoms with van der Waals surface area (Å²) in [6.45, 7) is 0. The van der Waals surface area contributed by atoms with Gasteiger partial charge in [0.2, 0.25) is 5.91 Å². The molecule has 0 aliphatic carbocycles. The highest BCUT2D eigenvalue weighted by molar-refractivity contribution is 6.23. The first-order valence-corrected chi connectivity index (χ1v) is 9.24. The van der Waals surface area contributed by atoms with Crippen LogP contribution in [0.15, 0.2) is 91.0 Å². The molecule has 2 aliphatic rings. The van der Waals surface area contributed by atoms with E-state index in [4.69, 9.17) is 4.84 Å². The number of carbonyl (C=O) groups is 2. The van der Waals surface area contributed by atoms with Crippen molar-refractivity contribution in [2.75, 3.05) is 9.96 Å². The van der Waals surface area contributed by atoms with Gasteiger partial charge in [-0.3, -0.25) is 14.4 Å². The number of amides is 2. The van der Waals surface area contributed by atoms with Gasteiger partial charge in [0.1, 0.15) is 5.92 Å². The number of fused-ring (bicyclic) bond motifs is 1. The van der Waals surface area contributed by atoms with Gasteiger partial charge in [0.15, 0.2) is 6.10 Å². The molecule has 2 aliphatic heterocycles. The van der Waals surface area contributed by atoms with Crippen molar-refractivity contribution >= 4 is 23.2 Å². The van der Waals surface area contributed by atoms with Crippen LogP contribution >= 0.6 is 0 Å². The van der Waals surface area contributed by atoms with Crippen LogP contribution in [-0.4, -0.2) is 17.9 Å². The molecule has 2 fully saturated rings. The van der Waals surface area contributed by atoms with Crippen molar-refractivity contribution in [3.63, 3.8) is 0 Å². The predicted molar refractivity (Wildman–Crippen MR) is 105 cm³/mol. The molecule has 0 radical (unpaired) electrons. The molecule has 3 atom stereocenters. The number of benzene rings is 3. The molecule has 0 unspecified atom stereocenters. The van der Waals surface area contributed by atoms with E-state index in [9.17, 15) is 9.59 Å². The lowest BCUT2D eigenvalue weighted by Gasteiger charge is -2.28. The Balaban J connectivity index is 1.59. The minimum Gasteiger partial charge on any atom is -0.273 e. The maximum Gasteiger partial charge on any atom is 0.266 e. The van der Waals surface area contributed by atoms with E-state index in [1.165, 1.54) is 4.90 Å². The van der Waals surface area contributed by atoms with Crippen LogP contribution in [0.5, 0.6) is 0 Å². The molecule has 0 aromatic heterocycles. The molecule has 5 heteroatoms. The highest BCUT2D eigenvalue weighted by Gasteiger charge is 2.60. The van der Waals surface area contributed by atoms with Crippen molar-refractivity contribution in [3.05, 3.63) is 96.6 Å². The lowest BCUT2D eigenvalue weighted by Crippen LogP contribution is -2.37. The number of anilines is 2. The monoisotopic (exact) mass is 370 g/mol. The van der Waals surface area contributed by atoms with E-state index in [2.05, 4.69) is 0 Å². The van der Waals surface area contributed by atoms with Crippen molar-refractivity contribution in [1.82, 2.24) is 0 Å². The van der Waals surface area contributed by atoms with Gasteiger partial charge >= 0.3 is 0 Å². The molecule has 5 nitrogen and oxygen atoms in total. The number of carbonyl (C=O) groups excluding carboxylic acids is 2. The topological polar surface area (TPSA) is 49.9 Å². The van der Waals surface area contributed by atoms with E-state index in [-0.39, 0.29) is 17.9 Å². The molecule has 28 heavy (non-hydrogen) atoms. The molecule has 3 aromatic carbocycles. The van der Waals surface area contributed by atoms with Gasteiger partial charge in [-0.05, 0) is 29.8 Å². The Morgan fingerprint density at radius 3 is 1.79 bits per heavy atom. The number of rotatable bonds is 3. The second-order valence-electron chi connectivity index (χ2n) is 6.92. The first kappa shape index (κ1) is 16.7. The van der Waals surface area contributed by atoms with Crippen molar-refractivity contribution < 1.29 is 14.4 Å². The molecular weight excluding hydrogens is 352 g/mol. The molecule has 0 N–H and O–H groups in total. The number of hydrogen-bond acceptors (Lipinski definition) is 4. The third-order valence-electron chi connectivity index (χ3n) is 5.28. The Morgan fingerprint density at radius 2 is 1.18 bits per heavy atom. The summed E-state index contributed by atoms with van der Waals surface area (Å²) in [6.07, 6.45) is -0.835. The quantitative estimate of drug-likeness (QED) is 0.659. The third kappa shape index (κ3) is 2.52. The van der Waals surface area contributed by atoms with Crippen LogP contribution in [0.1, 0.15) is 11.6 Å². The Bertz CT molecular complexity index is 1010. The fourth-order valence-electron chi connectivity index (χ4n) is 4.03. The van der Waals surface area contributed by atoms with Crippen LogP contribution in [0.4, 0.5) is 11.4 Å². The number of hydroxylamine groups is 1. The lowest BCUT2D eigenvalue weighted by molar-refractivity contribution is -0.126. The molecule has 2 saturated heterocycles. The van der Waals surface area contributed by atoms with Crippen LogP contribution in [0.3, 0.4) is 0 Å². The summed E-state index contributed by atoms with van der Waals surface area (Å²) >= 11 is 0. The van der Waals surface area contributed by atoms with Crippen LogP contribution in [-0.2, 0) is 14.4 Å². The minimum absolute atomic E-state index is 0.228. The standard InChI is InChI=1S/C23H18N2O3/c26-22-19-20(16-10-4-1-5-11-16)25(18-14-8-3-9-15-18)28-21(19)23(27)24(22)17-12-6-2-7-13-17/h1-15,19-21H/t19-,20-,21+/m0/s1. The molecule has 5 rings (SSSR count). The zero-order valence-corrected chi connectivity index (χ0v) is 15.0. The zero-order valence-electron chi connectivity index (χ0n) is 15.0. The minimum atomic E-state index is -0.835. The van der Waals surface area contributed by atoms with Crippen LogP contribution < -0.4 is 9.96 Å². The molecule has 0 saturated carbocycles. The molecule has 2 amide bonds. The van der Waals surface area contributed by atoms with Crippen molar-refractivity contribution in [2.24, 2.45) is 5.92 Å². The van der Waals surface area contributed by atoms with Crippen molar-refractivity contribution in [2.45, 2.75) is 12.1 Å². The number of hydrogen-bond donors (Lipinski definition) is 0. The summed E-state index contributed by atoms with van der Waals surface area (Å²) < 4.78 is 0. The molecule has 2 heterocycles. The average Bonchev–Trinajstić information content (AvgIpc) is 3.26. The largest absolute Gasteiger partial charge is 0.273 e. The van der Waals surface area contributed by atoms with Gasteiger partial charge < -0.3 is 0 Å². The smallest absolute Gasteiger partial charge is 0.266 e. The van der Waals surface area contributed by atoms with Crippen LogP contribution in [0.25, 0.3) is 0 Å². The summed E-state index contributed by atoms with van der Waals surface area (Å²) in [5.74, 6) is -1.15. The fraction of sp³-hybridized carbons (Fsp3) is 0.130. The summed E-state index contributed by atoms with van der Waals surface area (Å²) in [5, 5.41) is 1.71. The summed E-state index contributed by atoms with van der Waals surface area (Å²) in [7, 11) is 0. The van der Waals surface area contributed by atoms with Gasteiger partial charge in [0, 0.05) is 0 Å². The van der Waals surface area contributed by atoms with E-state index < -0.39 is 12.0 Å². The van der Waals surface area contributed by atoms with Crippen LogP contribution in [0.2, 0.25) is 0 Å². The highest BCUT2D eigenvalue weighted by Crippen LogP contribution is 2.47. The van der Waals surface area contributed by atoms with Crippen LogP contribution in [0, 0.1) is 5.92 Å². The molecule has 0 spiro atoms. The van der Waals surface area contributed by atoms with Gasteiger partial charge in [-0.1, -0.05) is 66.7 Å². The molecule has 3 aromatic rings. The SMILES string of the molecule is O=C1[C@@H]2[C@@H](ON(c3ccccc3)[C@H]2c2ccccc2)C(=O)N1c1ccccc1. The highest BCUT2D eigenvalue weighted by atomic mass is 16.7. The second-order valence-corrected chi connectivity index (χ2v) is 6.92. The van der Waals surface area contributed by atoms with Gasteiger partial charge in [-0.2, -0.15) is 0 Å². The van der Waals surface area contributed by atoms with Crippen molar-refractivity contribution in [3.8, 4) is 0 Å². The van der Waals surface area contributed by atoms with E-state index in [1.54, 1.807) is 17.2 Å². The average molecular weight is 370 g/mol.